The quantitative estimate of drug-likeness (QED) is 0.934. The molecule has 4 unspecified atom stereocenters. The highest BCUT2D eigenvalue weighted by molar-refractivity contribution is 7.86. The number of rotatable bonds is 3. The third-order valence-electron chi connectivity index (χ3n) is 4.91. The van der Waals surface area contributed by atoms with E-state index in [0.29, 0.717) is 5.92 Å². The van der Waals surface area contributed by atoms with Gasteiger partial charge in [0, 0.05) is 35.3 Å². The molecule has 0 aromatic heterocycles. The Morgan fingerprint density at radius 1 is 1.05 bits per heavy atom. The summed E-state index contributed by atoms with van der Waals surface area (Å²) in [5, 5.41) is 0.427. The summed E-state index contributed by atoms with van der Waals surface area (Å²) in [7, 11) is -0.822. The Balaban J connectivity index is 1.69. The van der Waals surface area contributed by atoms with Gasteiger partial charge in [-0.2, -0.15) is 0 Å². The fraction of sp³-hybridized carbons (Fsp3) is 0.647. The Kier molecular flexibility index (Phi) is 5.09. The van der Waals surface area contributed by atoms with Crippen LogP contribution >= 0.6 is 0 Å². The lowest BCUT2D eigenvalue weighted by Gasteiger charge is -2.36. The molecule has 0 amide bonds. The minimum absolute atomic E-state index is 0.0913. The van der Waals surface area contributed by atoms with Crippen LogP contribution in [0.25, 0.3) is 0 Å². The summed E-state index contributed by atoms with van der Waals surface area (Å²) in [6, 6.07) is 10.7. The summed E-state index contributed by atoms with van der Waals surface area (Å²) >= 11 is 0. The van der Waals surface area contributed by atoms with Crippen molar-refractivity contribution in [3.8, 4) is 0 Å². The molecule has 1 aliphatic heterocycles. The first-order valence-corrected chi connectivity index (χ1v) is 9.31. The van der Waals surface area contributed by atoms with Crippen molar-refractivity contribution < 1.29 is 8.95 Å². The van der Waals surface area contributed by atoms with Gasteiger partial charge in [-0.15, -0.1) is 0 Å². The molecule has 0 radical (unpaired) electrons. The zero-order valence-electron chi connectivity index (χ0n) is 12.4. The Morgan fingerprint density at radius 3 is 2.48 bits per heavy atom. The standard InChI is InChI=1S/C17H25NO2S/c18-16-7-6-14(13-4-2-1-3-5-13)12-17(16)21(19)15-8-10-20-11-9-15/h1-5,14-17H,6-12,18H2. The molecule has 2 N–H and O–H groups in total. The molecule has 4 atom stereocenters. The van der Waals surface area contributed by atoms with Crippen molar-refractivity contribution in [2.75, 3.05) is 13.2 Å². The predicted octanol–water partition coefficient (Wildman–Crippen LogP) is 2.58. The van der Waals surface area contributed by atoms with Crippen LogP contribution in [0.15, 0.2) is 30.3 Å². The summed E-state index contributed by atoms with van der Waals surface area (Å²) < 4.78 is 18.3. The van der Waals surface area contributed by atoms with Crippen LogP contribution < -0.4 is 5.73 Å². The molecule has 3 nitrogen and oxygen atoms in total. The zero-order chi connectivity index (χ0) is 14.7. The van der Waals surface area contributed by atoms with Crippen molar-refractivity contribution in [2.45, 2.75) is 54.6 Å². The van der Waals surface area contributed by atoms with Crippen molar-refractivity contribution in [1.82, 2.24) is 0 Å². The lowest BCUT2D eigenvalue weighted by molar-refractivity contribution is 0.0989. The van der Waals surface area contributed by atoms with Gasteiger partial charge in [0.15, 0.2) is 0 Å². The maximum absolute atomic E-state index is 12.9. The first-order chi connectivity index (χ1) is 10.3. The van der Waals surface area contributed by atoms with E-state index in [4.69, 9.17) is 10.5 Å². The Labute approximate surface area is 129 Å². The summed E-state index contributed by atoms with van der Waals surface area (Å²) in [5.41, 5.74) is 7.68. The largest absolute Gasteiger partial charge is 0.381 e. The fourth-order valence-electron chi connectivity index (χ4n) is 3.60. The molecule has 3 rings (SSSR count). The van der Waals surface area contributed by atoms with Crippen LogP contribution in [0.4, 0.5) is 0 Å². The summed E-state index contributed by atoms with van der Waals surface area (Å²) in [5.74, 6) is 0.514. The number of hydrogen-bond donors (Lipinski definition) is 1. The molecular weight excluding hydrogens is 282 g/mol. The van der Waals surface area contributed by atoms with Crippen molar-refractivity contribution in [3.05, 3.63) is 35.9 Å². The highest BCUT2D eigenvalue weighted by Crippen LogP contribution is 2.36. The zero-order valence-corrected chi connectivity index (χ0v) is 13.3. The van der Waals surface area contributed by atoms with E-state index in [0.717, 1.165) is 45.3 Å². The first kappa shape index (κ1) is 15.2. The van der Waals surface area contributed by atoms with Crippen molar-refractivity contribution in [3.63, 3.8) is 0 Å². The van der Waals surface area contributed by atoms with Gasteiger partial charge in [-0.05, 0) is 43.6 Å². The van der Waals surface area contributed by atoms with E-state index in [1.165, 1.54) is 5.56 Å². The van der Waals surface area contributed by atoms with E-state index >= 15 is 0 Å². The molecule has 1 aliphatic carbocycles. The van der Waals surface area contributed by atoms with E-state index in [1.54, 1.807) is 0 Å². The van der Waals surface area contributed by atoms with Gasteiger partial charge in [0.25, 0.3) is 0 Å². The highest BCUT2D eigenvalue weighted by Gasteiger charge is 2.36. The van der Waals surface area contributed by atoms with Gasteiger partial charge in [-0.1, -0.05) is 30.3 Å². The van der Waals surface area contributed by atoms with Gasteiger partial charge in [0.1, 0.15) is 0 Å². The molecule has 1 aromatic rings. The second kappa shape index (κ2) is 7.03. The number of benzene rings is 1. The van der Waals surface area contributed by atoms with Crippen LogP contribution in [0.1, 0.15) is 43.6 Å². The average Bonchev–Trinajstić information content (AvgIpc) is 2.56. The molecule has 0 spiro atoms. The van der Waals surface area contributed by atoms with E-state index < -0.39 is 10.8 Å². The Morgan fingerprint density at radius 2 is 1.76 bits per heavy atom. The summed E-state index contributed by atoms with van der Waals surface area (Å²) in [6.45, 7) is 1.50. The lowest BCUT2D eigenvalue weighted by atomic mass is 9.82. The highest BCUT2D eigenvalue weighted by atomic mass is 32.2. The maximum atomic E-state index is 12.9. The van der Waals surface area contributed by atoms with E-state index in [9.17, 15) is 4.21 Å². The molecule has 116 valence electrons. The van der Waals surface area contributed by atoms with Gasteiger partial charge in [0.05, 0.1) is 5.25 Å². The molecule has 1 saturated heterocycles. The third kappa shape index (κ3) is 3.55. The number of ether oxygens (including phenoxy) is 1. The van der Waals surface area contributed by atoms with Crippen LogP contribution in [-0.2, 0) is 15.5 Å². The molecule has 0 bridgehead atoms. The maximum Gasteiger partial charge on any atom is 0.0507 e. The van der Waals surface area contributed by atoms with Crippen molar-refractivity contribution in [1.29, 1.82) is 0 Å². The van der Waals surface area contributed by atoms with Crippen molar-refractivity contribution in [2.24, 2.45) is 5.73 Å². The first-order valence-electron chi connectivity index (χ1n) is 8.03. The third-order valence-corrected chi connectivity index (χ3v) is 7.18. The second-order valence-electron chi connectivity index (χ2n) is 6.26. The Bertz CT molecular complexity index is 473. The SMILES string of the molecule is NC1CCC(c2ccccc2)CC1S(=O)C1CCOCC1. The van der Waals surface area contributed by atoms with Gasteiger partial charge in [0.2, 0.25) is 0 Å². The van der Waals surface area contributed by atoms with Gasteiger partial charge in [-0.25, -0.2) is 0 Å². The molecular formula is C17H25NO2S. The van der Waals surface area contributed by atoms with Crippen LogP contribution in [0.3, 0.4) is 0 Å². The van der Waals surface area contributed by atoms with Crippen LogP contribution in [-0.4, -0.2) is 34.0 Å². The minimum atomic E-state index is -0.822. The van der Waals surface area contributed by atoms with Gasteiger partial charge < -0.3 is 10.5 Å². The molecule has 21 heavy (non-hydrogen) atoms. The van der Waals surface area contributed by atoms with Crippen LogP contribution in [0.2, 0.25) is 0 Å². The molecule has 1 saturated carbocycles. The molecule has 2 fully saturated rings. The number of hydrogen-bond acceptors (Lipinski definition) is 3. The summed E-state index contributed by atoms with van der Waals surface area (Å²) in [4.78, 5) is 0. The smallest absolute Gasteiger partial charge is 0.0507 e. The molecule has 1 aromatic carbocycles. The van der Waals surface area contributed by atoms with E-state index in [1.807, 2.05) is 0 Å². The number of nitrogens with two attached hydrogens (primary N) is 1. The van der Waals surface area contributed by atoms with Gasteiger partial charge in [-0.3, -0.25) is 4.21 Å². The molecule has 1 heterocycles. The topological polar surface area (TPSA) is 52.3 Å². The molecule has 2 aliphatic rings. The molecule has 4 heteroatoms. The normalized spacial score (nSPS) is 32.7. The summed E-state index contributed by atoms with van der Waals surface area (Å²) in [6.07, 6.45) is 4.92. The lowest BCUT2D eigenvalue weighted by Crippen LogP contribution is -2.46. The average molecular weight is 307 g/mol. The monoisotopic (exact) mass is 307 g/mol. The van der Waals surface area contributed by atoms with Crippen LogP contribution in [0, 0.1) is 0 Å². The second-order valence-corrected chi connectivity index (χ2v) is 8.19. The predicted molar refractivity (Wildman–Crippen MR) is 86.8 cm³/mol. The minimum Gasteiger partial charge on any atom is -0.381 e. The van der Waals surface area contributed by atoms with Gasteiger partial charge >= 0.3 is 0 Å². The fourth-order valence-corrected chi connectivity index (χ4v) is 5.66. The van der Waals surface area contributed by atoms with E-state index in [-0.39, 0.29) is 16.5 Å². The van der Waals surface area contributed by atoms with Crippen LogP contribution in [0.5, 0.6) is 0 Å². The van der Waals surface area contributed by atoms with Crippen molar-refractivity contribution >= 4 is 10.8 Å². The Hall–Kier alpha value is -0.710. The van der Waals surface area contributed by atoms with E-state index in [2.05, 4.69) is 30.3 Å².